The molecule has 0 aromatic heterocycles. The minimum Gasteiger partial charge on any atom is -0.336 e. The van der Waals surface area contributed by atoms with Crippen LogP contribution < -0.4 is 0 Å². The van der Waals surface area contributed by atoms with Crippen molar-refractivity contribution < 1.29 is 4.79 Å². The van der Waals surface area contributed by atoms with Gasteiger partial charge in [0, 0.05) is 28.5 Å². The van der Waals surface area contributed by atoms with Gasteiger partial charge in [-0.3, -0.25) is 4.79 Å². The highest BCUT2D eigenvalue weighted by Crippen LogP contribution is 2.38. The second kappa shape index (κ2) is 6.02. The molecule has 0 N–H and O–H groups in total. The van der Waals surface area contributed by atoms with Crippen LogP contribution in [0, 0.1) is 0 Å². The predicted octanol–water partition coefficient (Wildman–Crippen LogP) is 4.64. The summed E-state index contributed by atoms with van der Waals surface area (Å²) < 4.78 is 0. The van der Waals surface area contributed by atoms with Gasteiger partial charge < -0.3 is 4.90 Å². The van der Waals surface area contributed by atoms with E-state index in [-0.39, 0.29) is 5.91 Å². The third-order valence-corrected chi connectivity index (χ3v) is 5.32. The summed E-state index contributed by atoms with van der Waals surface area (Å²) in [4.78, 5) is 14.7. The molecule has 2 fully saturated rings. The molecule has 2 aliphatic heterocycles. The van der Waals surface area contributed by atoms with Crippen LogP contribution in [-0.2, 0) is 11.2 Å². The largest absolute Gasteiger partial charge is 0.336 e. The zero-order valence-corrected chi connectivity index (χ0v) is 13.5. The molecule has 1 aromatic rings. The Kier molecular flexibility index (Phi) is 4.28. The number of carbonyl (C=O) groups excluding carboxylic acids is 1. The Morgan fingerprint density at radius 1 is 1.19 bits per heavy atom. The van der Waals surface area contributed by atoms with E-state index in [4.69, 9.17) is 23.2 Å². The topological polar surface area (TPSA) is 20.3 Å². The van der Waals surface area contributed by atoms with Crippen LogP contribution in [0.15, 0.2) is 30.4 Å². The summed E-state index contributed by atoms with van der Waals surface area (Å²) in [5.74, 6) is 0.228. The fourth-order valence-corrected chi connectivity index (χ4v) is 4.24. The molecule has 2 heterocycles. The quantitative estimate of drug-likeness (QED) is 0.742. The lowest BCUT2D eigenvalue weighted by Gasteiger charge is -2.36. The van der Waals surface area contributed by atoms with E-state index in [0.29, 0.717) is 35.0 Å². The third kappa shape index (κ3) is 2.97. The van der Waals surface area contributed by atoms with Crippen molar-refractivity contribution in [2.24, 2.45) is 0 Å². The molecule has 2 atom stereocenters. The van der Waals surface area contributed by atoms with Gasteiger partial charge in [0.2, 0.25) is 5.91 Å². The number of benzene rings is 1. The van der Waals surface area contributed by atoms with Crippen molar-refractivity contribution in [2.45, 2.75) is 50.6 Å². The van der Waals surface area contributed by atoms with Gasteiger partial charge in [-0.15, -0.1) is 0 Å². The van der Waals surface area contributed by atoms with Crippen LogP contribution in [-0.4, -0.2) is 22.9 Å². The van der Waals surface area contributed by atoms with Gasteiger partial charge >= 0.3 is 0 Å². The van der Waals surface area contributed by atoms with Crippen LogP contribution in [0.25, 0.3) is 0 Å². The Morgan fingerprint density at radius 3 is 2.33 bits per heavy atom. The van der Waals surface area contributed by atoms with E-state index in [0.717, 1.165) is 31.2 Å². The van der Waals surface area contributed by atoms with Crippen LogP contribution in [0.5, 0.6) is 0 Å². The Morgan fingerprint density at radius 2 is 1.76 bits per heavy atom. The summed E-state index contributed by atoms with van der Waals surface area (Å²) in [6.45, 7) is 4.09. The lowest BCUT2D eigenvalue weighted by Crippen LogP contribution is -2.44. The lowest BCUT2D eigenvalue weighted by molar-refractivity contribution is -0.134. The van der Waals surface area contributed by atoms with Crippen molar-refractivity contribution in [1.29, 1.82) is 0 Å². The summed E-state index contributed by atoms with van der Waals surface area (Å²) in [5.41, 5.74) is 2.17. The molecule has 0 aliphatic carbocycles. The molecule has 2 saturated heterocycles. The maximum Gasteiger partial charge on any atom is 0.223 e. The van der Waals surface area contributed by atoms with Gasteiger partial charge in [-0.25, -0.2) is 0 Å². The van der Waals surface area contributed by atoms with Crippen molar-refractivity contribution in [3.05, 3.63) is 46.0 Å². The number of nitrogens with zero attached hydrogens (tertiary/aromatic N) is 1. The number of piperidine rings is 1. The first-order chi connectivity index (χ1) is 10.1. The number of carbonyl (C=O) groups is 1. The van der Waals surface area contributed by atoms with Gasteiger partial charge in [0.25, 0.3) is 0 Å². The molecule has 2 unspecified atom stereocenters. The third-order valence-electron chi connectivity index (χ3n) is 4.61. The second-order valence-corrected chi connectivity index (χ2v) is 6.86. The molecule has 2 nitrogen and oxygen atoms in total. The first-order valence-electron chi connectivity index (χ1n) is 7.47. The Bertz CT molecular complexity index is 548. The Balaban J connectivity index is 1.66. The van der Waals surface area contributed by atoms with E-state index < -0.39 is 0 Å². The summed E-state index contributed by atoms with van der Waals surface area (Å²) in [6.07, 6.45) is 5.24. The Labute approximate surface area is 135 Å². The highest BCUT2D eigenvalue weighted by atomic mass is 35.5. The van der Waals surface area contributed by atoms with Crippen LogP contribution in [0.1, 0.15) is 37.7 Å². The van der Waals surface area contributed by atoms with Crippen molar-refractivity contribution in [2.75, 3.05) is 0 Å². The monoisotopic (exact) mass is 323 g/mol. The Hall–Kier alpha value is -0.990. The van der Waals surface area contributed by atoms with Crippen molar-refractivity contribution in [1.82, 2.24) is 4.90 Å². The van der Waals surface area contributed by atoms with Gasteiger partial charge in [0.05, 0.1) is 0 Å². The van der Waals surface area contributed by atoms with Gasteiger partial charge in [-0.2, -0.15) is 0 Å². The molecule has 21 heavy (non-hydrogen) atoms. The van der Waals surface area contributed by atoms with Gasteiger partial charge in [-0.05, 0) is 49.8 Å². The van der Waals surface area contributed by atoms with Crippen molar-refractivity contribution >= 4 is 29.1 Å². The molecule has 3 rings (SSSR count). The molecular weight excluding hydrogens is 305 g/mol. The zero-order chi connectivity index (χ0) is 15.0. The number of fused-ring (bicyclic) bond motifs is 2. The molecule has 2 bridgehead atoms. The van der Waals surface area contributed by atoms with Crippen molar-refractivity contribution in [3.63, 3.8) is 0 Å². The average molecular weight is 324 g/mol. The van der Waals surface area contributed by atoms with Gasteiger partial charge in [-0.1, -0.05) is 41.4 Å². The normalized spacial score (nSPS) is 24.5. The molecule has 0 radical (unpaired) electrons. The van der Waals surface area contributed by atoms with Gasteiger partial charge in [0.1, 0.15) is 0 Å². The molecular formula is C17H19Cl2NO. The maximum absolute atomic E-state index is 12.6. The molecule has 1 aromatic carbocycles. The fraction of sp³-hybridized carbons (Fsp3) is 0.471. The van der Waals surface area contributed by atoms with Crippen LogP contribution in [0.2, 0.25) is 10.0 Å². The maximum atomic E-state index is 12.6. The smallest absolute Gasteiger partial charge is 0.223 e. The molecule has 112 valence electrons. The zero-order valence-electron chi connectivity index (χ0n) is 11.9. The van der Waals surface area contributed by atoms with Gasteiger partial charge in [0.15, 0.2) is 0 Å². The number of hydrogen-bond donors (Lipinski definition) is 0. The standard InChI is InChI=1S/C17H19Cl2NO/c1-11-9-12-5-6-13(10-11)20(12)17(21)8-7-14-15(18)3-2-4-16(14)19/h2-4,12-13H,1,5-10H2. The van der Waals surface area contributed by atoms with E-state index in [1.54, 1.807) is 0 Å². The molecule has 4 heteroatoms. The minimum atomic E-state index is 0.228. The first-order valence-corrected chi connectivity index (χ1v) is 8.22. The van der Waals surface area contributed by atoms with Crippen LogP contribution in [0.3, 0.4) is 0 Å². The fourth-order valence-electron chi connectivity index (χ4n) is 3.65. The number of amides is 1. The first kappa shape index (κ1) is 14.9. The lowest BCUT2D eigenvalue weighted by atomic mass is 9.97. The van der Waals surface area contributed by atoms with E-state index in [9.17, 15) is 4.79 Å². The summed E-state index contributed by atoms with van der Waals surface area (Å²) >= 11 is 12.3. The summed E-state index contributed by atoms with van der Waals surface area (Å²) in [5, 5.41) is 1.29. The number of hydrogen-bond acceptors (Lipinski definition) is 1. The molecule has 0 saturated carbocycles. The average Bonchev–Trinajstić information content (AvgIpc) is 2.70. The SMILES string of the molecule is C=C1CC2CCC(C1)N2C(=O)CCc1c(Cl)cccc1Cl. The summed E-state index contributed by atoms with van der Waals surface area (Å²) in [7, 11) is 0. The molecule has 1 amide bonds. The molecule has 2 aliphatic rings. The van der Waals surface area contributed by atoms with E-state index in [1.165, 1.54) is 5.57 Å². The van der Waals surface area contributed by atoms with Crippen molar-refractivity contribution in [3.8, 4) is 0 Å². The minimum absolute atomic E-state index is 0.228. The van der Waals surface area contributed by atoms with E-state index in [1.807, 2.05) is 18.2 Å². The van der Waals surface area contributed by atoms with Crippen LogP contribution >= 0.6 is 23.2 Å². The highest BCUT2D eigenvalue weighted by Gasteiger charge is 2.40. The summed E-state index contributed by atoms with van der Waals surface area (Å²) in [6, 6.07) is 6.20. The van der Waals surface area contributed by atoms with E-state index in [2.05, 4.69) is 11.5 Å². The van der Waals surface area contributed by atoms with Crippen LogP contribution in [0.4, 0.5) is 0 Å². The number of halogens is 2. The highest BCUT2D eigenvalue weighted by molar-refractivity contribution is 6.36. The molecule has 0 spiro atoms. The second-order valence-electron chi connectivity index (χ2n) is 6.04. The predicted molar refractivity (Wildman–Crippen MR) is 86.8 cm³/mol. The van der Waals surface area contributed by atoms with E-state index >= 15 is 0 Å². The number of rotatable bonds is 3.